The Hall–Kier alpha value is -1.77. The van der Waals surface area contributed by atoms with E-state index in [2.05, 4.69) is 15.1 Å². The minimum absolute atomic E-state index is 0.399. The molecule has 1 aromatic heterocycles. The van der Waals surface area contributed by atoms with Crippen LogP contribution in [0.5, 0.6) is 0 Å². The van der Waals surface area contributed by atoms with Gasteiger partial charge in [-0.2, -0.15) is 4.31 Å². The minimum Gasteiger partial charge on any atom is -0.424 e. The molecule has 0 spiro atoms. The summed E-state index contributed by atoms with van der Waals surface area (Å²) in [5, 5.41) is 7.99. The molecule has 136 valence electrons. The third-order valence-corrected chi connectivity index (χ3v) is 6.51. The van der Waals surface area contributed by atoms with Gasteiger partial charge < -0.3 is 4.42 Å². The third kappa shape index (κ3) is 3.91. The van der Waals surface area contributed by atoms with Gasteiger partial charge in [0.25, 0.3) is 0 Å². The van der Waals surface area contributed by atoms with E-state index in [0.717, 1.165) is 17.5 Å². The number of aryl methyl sites for hydroxylation is 3. The van der Waals surface area contributed by atoms with Crippen LogP contribution in [-0.4, -0.2) is 54.0 Å². The predicted octanol–water partition coefficient (Wildman–Crippen LogP) is 1.76. The number of hydrogen-bond acceptors (Lipinski definition) is 6. The molecule has 2 heterocycles. The van der Waals surface area contributed by atoms with Crippen molar-refractivity contribution in [2.75, 3.05) is 26.2 Å². The van der Waals surface area contributed by atoms with E-state index in [1.165, 1.54) is 0 Å². The molecule has 0 saturated carbocycles. The summed E-state index contributed by atoms with van der Waals surface area (Å²) in [6.07, 6.45) is 0.717. The quantitative estimate of drug-likeness (QED) is 0.804. The van der Waals surface area contributed by atoms with E-state index >= 15 is 0 Å². The Morgan fingerprint density at radius 1 is 1.08 bits per heavy atom. The maximum Gasteiger partial charge on any atom is 0.243 e. The maximum atomic E-state index is 12.9. The first-order chi connectivity index (χ1) is 11.9. The van der Waals surface area contributed by atoms with Gasteiger partial charge in [0, 0.05) is 32.6 Å². The van der Waals surface area contributed by atoms with Crippen LogP contribution in [0.25, 0.3) is 0 Å². The molecule has 8 heteroatoms. The number of rotatable bonds is 5. The van der Waals surface area contributed by atoms with E-state index in [9.17, 15) is 8.42 Å². The number of sulfonamides is 1. The molecule has 1 saturated heterocycles. The summed E-state index contributed by atoms with van der Waals surface area (Å²) in [5.41, 5.74) is 1.85. The molecule has 1 aliphatic rings. The van der Waals surface area contributed by atoms with Gasteiger partial charge in [0.2, 0.25) is 21.8 Å². The lowest BCUT2D eigenvalue weighted by Crippen LogP contribution is -2.48. The summed E-state index contributed by atoms with van der Waals surface area (Å²) in [4.78, 5) is 2.54. The SMILES string of the molecule is CCc1nnc(CN2CCN(S(=O)(=O)c3ccc(C)cc3C)CC2)o1. The van der Waals surface area contributed by atoms with Gasteiger partial charge >= 0.3 is 0 Å². The fourth-order valence-electron chi connectivity index (χ4n) is 3.04. The van der Waals surface area contributed by atoms with Crippen LogP contribution in [0.4, 0.5) is 0 Å². The van der Waals surface area contributed by atoms with E-state index in [4.69, 9.17) is 4.42 Å². The first-order valence-electron chi connectivity index (χ1n) is 8.51. The average Bonchev–Trinajstić information content (AvgIpc) is 3.02. The van der Waals surface area contributed by atoms with Crippen molar-refractivity contribution < 1.29 is 12.8 Å². The highest BCUT2D eigenvalue weighted by atomic mass is 32.2. The highest BCUT2D eigenvalue weighted by molar-refractivity contribution is 7.89. The molecule has 0 amide bonds. The average molecular weight is 364 g/mol. The molecule has 1 fully saturated rings. The molecule has 0 aliphatic carbocycles. The van der Waals surface area contributed by atoms with Crippen LogP contribution in [0.3, 0.4) is 0 Å². The second-order valence-electron chi connectivity index (χ2n) is 6.39. The summed E-state index contributed by atoms with van der Waals surface area (Å²) in [5.74, 6) is 1.22. The van der Waals surface area contributed by atoms with Gasteiger partial charge in [-0.3, -0.25) is 4.90 Å². The van der Waals surface area contributed by atoms with Gasteiger partial charge in [-0.1, -0.05) is 24.6 Å². The fraction of sp³-hybridized carbons (Fsp3) is 0.529. The van der Waals surface area contributed by atoms with Crippen molar-refractivity contribution >= 4 is 10.0 Å². The summed E-state index contributed by atoms with van der Waals surface area (Å²) in [6, 6.07) is 5.46. The molecule has 1 aliphatic heterocycles. The molecular formula is C17H24N4O3S. The molecule has 0 unspecified atom stereocenters. The lowest BCUT2D eigenvalue weighted by molar-refractivity contribution is 0.167. The molecule has 2 aromatic rings. The Bertz CT molecular complexity index is 839. The van der Waals surface area contributed by atoms with Crippen LogP contribution in [0, 0.1) is 13.8 Å². The number of nitrogens with zero attached hydrogens (tertiary/aromatic N) is 4. The molecule has 7 nitrogen and oxygen atoms in total. The van der Waals surface area contributed by atoms with E-state index in [1.807, 2.05) is 32.9 Å². The van der Waals surface area contributed by atoms with Crippen LogP contribution in [0.2, 0.25) is 0 Å². The Kier molecular flexibility index (Phi) is 5.21. The van der Waals surface area contributed by atoms with Crippen LogP contribution in [-0.2, 0) is 23.0 Å². The smallest absolute Gasteiger partial charge is 0.243 e. The molecule has 3 rings (SSSR count). The van der Waals surface area contributed by atoms with Crippen LogP contribution >= 0.6 is 0 Å². The van der Waals surface area contributed by atoms with Crippen molar-refractivity contribution in [3.05, 3.63) is 41.1 Å². The van der Waals surface area contributed by atoms with Crippen molar-refractivity contribution in [2.24, 2.45) is 0 Å². The van der Waals surface area contributed by atoms with Crippen molar-refractivity contribution in [2.45, 2.75) is 38.6 Å². The largest absolute Gasteiger partial charge is 0.424 e. The van der Waals surface area contributed by atoms with Crippen molar-refractivity contribution in [1.29, 1.82) is 0 Å². The molecule has 0 bridgehead atoms. The number of benzene rings is 1. The van der Waals surface area contributed by atoms with Crippen molar-refractivity contribution in [1.82, 2.24) is 19.4 Å². The Morgan fingerprint density at radius 2 is 1.76 bits per heavy atom. The minimum atomic E-state index is -3.45. The zero-order chi connectivity index (χ0) is 18.0. The maximum absolute atomic E-state index is 12.9. The van der Waals surface area contributed by atoms with Gasteiger partial charge in [0.15, 0.2) is 0 Å². The first-order valence-corrected chi connectivity index (χ1v) is 9.95. The van der Waals surface area contributed by atoms with Crippen LogP contribution in [0.15, 0.2) is 27.5 Å². The highest BCUT2D eigenvalue weighted by Gasteiger charge is 2.30. The molecule has 0 radical (unpaired) electrons. The topological polar surface area (TPSA) is 79.5 Å². The molecule has 0 atom stereocenters. The van der Waals surface area contributed by atoms with E-state index in [1.54, 1.807) is 10.4 Å². The monoisotopic (exact) mass is 364 g/mol. The van der Waals surface area contributed by atoms with Gasteiger partial charge in [-0.15, -0.1) is 10.2 Å². The Balaban J connectivity index is 1.64. The number of aromatic nitrogens is 2. The Labute approximate surface area is 148 Å². The van der Waals surface area contributed by atoms with Crippen molar-refractivity contribution in [3.63, 3.8) is 0 Å². The molecule has 25 heavy (non-hydrogen) atoms. The second kappa shape index (κ2) is 7.23. The molecule has 1 aromatic carbocycles. The van der Waals surface area contributed by atoms with E-state index in [0.29, 0.717) is 49.4 Å². The lowest BCUT2D eigenvalue weighted by Gasteiger charge is -2.33. The van der Waals surface area contributed by atoms with Crippen LogP contribution < -0.4 is 0 Å². The normalized spacial score (nSPS) is 17.1. The summed E-state index contributed by atoms with van der Waals surface area (Å²) in [7, 11) is -3.45. The van der Waals surface area contributed by atoms with Gasteiger partial charge in [-0.05, 0) is 25.5 Å². The van der Waals surface area contributed by atoms with Gasteiger partial charge in [-0.25, -0.2) is 8.42 Å². The van der Waals surface area contributed by atoms with Crippen molar-refractivity contribution in [3.8, 4) is 0 Å². The molecular weight excluding hydrogens is 340 g/mol. The zero-order valence-electron chi connectivity index (χ0n) is 14.9. The van der Waals surface area contributed by atoms with Gasteiger partial charge in [0.05, 0.1) is 11.4 Å². The van der Waals surface area contributed by atoms with Crippen LogP contribution in [0.1, 0.15) is 29.8 Å². The highest BCUT2D eigenvalue weighted by Crippen LogP contribution is 2.22. The summed E-state index contributed by atoms with van der Waals surface area (Å²) >= 11 is 0. The first kappa shape index (κ1) is 18.0. The lowest BCUT2D eigenvalue weighted by atomic mass is 10.2. The summed E-state index contributed by atoms with van der Waals surface area (Å²) < 4.78 is 32.9. The summed E-state index contributed by atoms with van der Waals surface area (Å²) in [6.45, 7) is 8.55. The Morgan fingerprint density at radius 3 is 2.36 bits per heavy atom. The standard InChI is InChI=1S/C17H24N4O3S/c1-4-16-18-19-17(24-16)12-20-7-9-21(10-8-20)25(22,23)15-6-5-13(2)11-14(15)3/h5-6,11H,4,7-10,12H2,1-3H3. The second-order valence-corrected chi connectivity index (χ2v) is 8.30. The molecule has 0 N–H and O–H groups in total. The predicted molar refractivity (Wildman–Crippen MR) is 93.6 cm³/mol. The fourth-order valence-corrected chi connectivity index (χ4v) is 4.67. The van der Waals surface area contributed by atoms with E-state index in [-0.39, 0.29) is 0 Å². The van der Waals surface area contributed by atoms with Gasteiger partial charge in [0.1, 0.15) is 0 Å². The zero-order valence-corrected chi connectivity index (χ0v) is 15.7. The number of hydrogen-bond donors (Lipinski definition) is 0. The van der Waals surface area contributed by atoms with E-state index < -0.39 is 10.0 Å². The third-order valence-electron chi connectivity index (χ3n) is 4.45. The number of piperazine rings is 1.